The minimum absolute atomic E-state index is 0.140. The summed E-state index contributed by atoms with van der Waals surface area (Å²) < 4.78 is 12.2. The maximum Gasteiger partial charge on any atom is 0.0971 e. The molecule has 1 aromatic carbocycles. The van der Waals surface area contributed by atoms with E-state index in [4.69, 9.17) is 9.47 Å². The minimum Gasteiger partial charge on any atom is -0.381 e. The molecule has 1 aliphatic rings. The van der Waals surface area contributed by atoms with Gasteiger partial charge in [-0.05, 0) is 17.7 Å². The second kappa shape index (κ2) is 4.64. The Morgan fingerprint density at radius 2 is 1.80 bits per heavy atom. The molecule has 1 heterocycles. The molecule has 0 amide bonds. The van der Waals surface area contributed by atoms with Crippen molar-refractivity contribution in [2.24, 2.45) is 0 Å². The second-order valence-corrected chi connectivity index (χ2v) is 4.73. The van der Waals surface area contributed by atoms with E-state index in [9.17, 15) is 0 Å². The van der Waals surface area contributed by atoms with Gasteiger partial charge in [-0.3, -0.25) is 0 Å². The highest BCUT2D eigenvalue weighted by molar-refractivity contribution is 9.10. The van der Waals surface area contributed by atoms with Crippen LogP contribution in [0.2, 0.25) is 0 Å². The molecule has 1 saturated heterocycles. The van der Waals surface area contributed by atoms with E-state index < -0.39 is 0 Å². The molecule has 0 radical (unpaired) electrons. The SMILES string of the molecule is COC1(c2ccc(Br)cc2)CCOCC1. The molecule has 0 N–H and O–H groups in total. The first-order valence-corrected chi connectivity index (χ1v) is 5.95. The quantitative estimate of drug-likeness (QED) is 0.822. The largest absolute Gasteiger partial charge is 0.381 e. The molecule has 0 aliphatic carbocycles. The molecular formula is C12H15BrO2. The fourth-order valence-electron chi connectivity index (χ4n) is 2.07. The first-order chi connectivity index (χ1) is 7.27. The number of halogens is 1. The van der Waals surface area contributed by atoms with Gasteiger partial charge in [0.25, 0.3) is 0 Å². The van der Waals surface area contributed by atoms with E-state index in [1.54, 1.807) is 7.11 Å². The Kier molecular flexibility index (Phi) is 3.44. The predicted molar refractivity (Wildman–Crippen MR) is 62.9 cm³/mol. The molecule has 0 spiro atoms. The molecule has 2 nitrogen and oxygen atoms in total. The van der Waals surface area contributed by atoms with Crippen LogP contribution < -0.4 is 0 Å². The summed E-state index contributed by atoms with van der Waals surface area (Å²) >= 11 is 3.44. The Morgan fingerprint density at radius 1 is 1.20 bits per heavy atom. The molecule has 0 aromatic heterocycles. The third-order valence-corrected chi connectivity index (χ3v) is 3.59. The van der Waals surface area contributed by atoms with Crippen molar-refractivity contribution in [3.05, 3.63) is 34.3 Å². The Hall–Kier alpha value is -0.380. The van der Waals surface area contributed by atoms with Gasteiger partial charge in [0.2, 0.25) is 0 Å². The summed E-state index contributed by atoms with van der Waals surface area (Å²) in [6.07, 6.45) is 1.87. The Labute approximate surface area is 98.7 Å². The third-order valence-electron chi connectivity index (χ3n) is 3.06. The van der Waals surface area contributed by atoms with Crippen LogP contribution in [-0.4, -0.2) is 20.3 Å². The predicted octanol–water partition coefficient (Wildman–Crippen LogP) is 3.10. The Balaban J connectivity index is 2.28. The van der Waals surface area contributed by atoms with Crippen molar-refractivity contribution in [2.45, 2.75) is 18.4 Å². The van der Waals surface area contributed by atoms with Gasteiger partial charge < -0.3 is 9.47 Å². The number of benzene rings is 1. The summed E-state index contributed by atoms with van der Waals surface area (Å²) in [4.78, 5) is 0. The molecule has 0 bridgehead atoms. The van der Waals surface area contributed by atoms with Gasteiger partial charge in [-0.25, -0.2) is 0 Å². The van der Waals surface area contributed by atoms with Crippen LogP contribution in [0.3, 0.4) is 0 Å². The zero-order valence-corrected chi connectivity index (χ0v) is 10.4. The second-order valence-electron chi connectivity index (χ2n) is 3.82. The van der Waals surface area contributed by atoms with Gasteiger partial charge in [0.05, 0.1) is 5.60 Å². The smallest absolute Gasteiger partial charge is 0.0971 e. The monoisotopic (exact) mass is 270 g/mol. The molecule has 15 heavy (non-hydrogen) atoms. The lowest BCUT2D eigenvalue weighted by Crippen LogP contribution is -2.35. The van der Waals surface area contributed by atoms with Crippen molar-refractivity contribution in [1.82, 2.24) is 0 Å². The van der Waals surface area contributed by atoms with Crippen LogP contribution in [0.15, 0.2) is 28.7 Å². The highest BCUT2D eigenvalue weighted by Gasteiger charge is 2.34. The number of methoxy groups -OCH3 is 1. The average molecular weight is 271 g/mol. The molecule has 0 unspecified atom stereocenters. The molecule has 0 saturated carbocycles. The van der Waals surface area contributed by atoms with Crippen LogP contribution in [0.25, 0.3) is 0 Å². The lowest BCUT2D eigenvalue weighted by molar-refractivity contribution is -0.0947. The molecule has 2 rings (SSSR count). The van der Waals surface area contributed by atoms with Gasteiger partial charge in [-0.1, -0.05) is 28.1 Å². The first kappa shape index (κ1) is 11.1. The molecule has 1 fully saturated rings. The zero-order chi connectivity index (χ0) is 10.7. The van der Waals surface area contributed by atoms with Crippen LogP contribution in [0.4, 0.5) is 0 Å². The molecule has 82 valence electrons. The highest BCUT2D eigenvalue weighted by Crippen LogP contribution is 2.35. The number of hydrogen-bond donors (Lipinski definition) is 0. The summed E-state index contributed by atoms with van der Waals surface area (Å²) in [5.74, 6) is 0. The topological polar surface area (TPSA) is 18.5 Å². The van der Waals surface area contributed by atoms with Crippen LogP contribution in [0.5, 0.6) is 0 Å². The van der Waals surface area contributed by atoms with Gasteiger partial charge in [-0.15, -0.1) is 0 Å². The van der Waals surface area contributed by atoms with Crippen molar-refractivity contribution in [1.29, 1.82) is 0 Å². The van der Waals surface area contributed by atoms with Crippen molar-refractivity contribution in [2.75, 3.05) is 20.3 Å². The van der Waals surface area contributed by atoms with Crippen LogP contribution in [-0.2, 0) is 15.1 Å². The maximum atomic E-state index is 5.71. The highest BCUT2D eigenvalue weighted by atomic mass is 79.9. The van der Waals surface area contributed by atoms with Crippen LogP contribution in [0, 0.1) is 0 Å². The minimum atomic E-state index is -0.140. The van der Waals surface area contributed by atoms with Gasteiger partial charge in [0.1, 0.15) is 0 Å². The lowest BCUT2D eigenvalue weighted by Gasteiger charge is -2.36. The zero-order valence-electron chi connectivity index (χ0n) is 8.83. The van der Waals surface area contributed by atoms with E-state index in [1.165, 1.54) is 5.56 Å². The van der Waals surface area contributed by atoms with Gasteiger partial charge in [0, 0.05) is 37.6 Å². The summed E-state index contributed by atoms with van der Waals surface area (Å²) in [6.45, 7) is 1.56. The standard InChI is InChI=1S/C12H15BrO2/c1-14-12(6-8-15-9-7-12)10-2-4-11(13)5-3-10/h2-5H,6-9H2,1H3. The van der Waals surface area contributed by atoms with E-state index >= 15 is 0 Å². The van der Waals surface area contributed by atoms with Crippen LogP contribution >= 0.6 is 15.9 Å². The number of hydrogen-bond acceptors (Lipinski definition) is 2. The summed E-state index contributed by atoms with van der Waals surface area (Å²) in [5, 5.41) is 0. The maximum absolute atomic E-state index is 5.71. The number of rotatable bonds is 2. The third kappa shape index (κ3) is 2.25. The summed E-state index contributed by atoms with van der Waals surface area (Å²) in [6, 6.07) is 8.37. The number of ether oxygens (including phenoxy) is 2. The van der Waals surface area contributed by atoms with E-state index in [0.29, 0.717) is 0 Å². The van der Waals surface area contributed by atoms with E-state index in [-0.39, 0.29) is 5.60 Å². The molecule has 3 heteroatoms. The fourth-order valence-corrected chi connectivity index (χ4v) is 2.33. The van der Waals surface area contributed by atoms with E-state index in [2.05, 4.69) is 40.2 Å². The molecule has 1 aliphatic heterocycles. The average Bonchev–Trinajstić information content (AvgIpc) is 2.31. The van der Waals surface area contributed by atoms with Crippen LogP contribution in [0.1, 0.15) is 18.4 Å². The van der Waals surface area contributed by atoms with E-state index in [1.807, 2.05) is 0 Å². The normalized spacial score (nSPS) is 20.1. The Bertz CT molecular complexity index is 315. The lowest BCUT2D eigenvalue weighted by atomic mass is 9.86. The summed E-state index contributed by atoms with van der Waals surface area (Å²) in [5.41, 5.74) is 1.11. The molecular weight excluding hydrogens is 256 g/mol. The fraction of sp³-hybridized carbons (Fsp3) is 0.500. The molecule has 0 atom stereocenters. The van der Waals surface area contributed by atoms with Gasteiger partial charge in [-0.2, -0.15) is 0 Å². The van der Waals surface area contributed by atoms with Gasteiger partial charge >= 0.3 is 0 Å². The van der Waals surface area contributed by atoms with E-state index in [0.717, 1.165) is 30.5 Å². The Morgan fingerprint density at radius 3 is 2.33 bits per heavy atom. The van der Waals surface area contributed by atoms with Crippen molar-refractivity contribution >= 4 is 15.9 Å². The first-order valence-electron chi connectivity index (χ1n) is 5.16. The molecule has 1 aromatic rings. The van der Waals surface area contributed by atoms with Crippen molar-refractivity contribution in [3.63, 3.8) is 0 Å². The summed E-state index contributed by atoms with van der Waals surface area (Å²) in [7, 11) is 1.79. The van der Waals surface area contributed by atoms with Crippen molar-refractivity contribution < 1.29 is 9.47 Å². The van der Waals surface area contributed by atoms with Crippen molar-refractivity contribution in [3.8, 4) is 0 Å². The van der Waals surface area contributed by atoms with Gasteiger partial charge in [0.15, 0.2) is 0 Å².